The second-order valence-electron chi connectivity index (χ2n) is 3.07. The molecule has 1 fully saturated rings. The summed E-state index contributed by atoms with van der Waals surface area (Å²) in [6.07, 6.45) is 4.67. The number of hydrogen-bond acceptors (Lipinski definition) is 1. The Morgan fingerprint density at radius 3 is 2.56 bits per heavy atom. The van der Waals surface area contributed by atoms with E-state index in [0.717, 1.165) is 6.42 Å². The van der Waals surface area contributed by atoms with Gasteiger partial charge in [-0.1, -0.05) is 35.4 Å². The van der Waals surface area contributed by atoms with Crippen molar-refractivity contribution in [3.05, 3.63) is 0 Å². The van der Waals surface area contributed by atoms with Crippen molar-refractivity contribution in [1.29, 1.82) is 0 Å². The molecule has 2 heteroatoms. The van der Waals surface area contributed by atoms with Gasteiger partial charge in [0, 0.05) is 3.92 Å². The molecule has 9 heavy (non-hydrogen) atoms. The van der Waals surface area contributed by atoms with Crippen LogP contribution in [-0.4, -0.2) is 14.6 Å². The average Bonchev–Trinajstić information content (AvgIpc) is 1.77. The smallest absolute Gasteiger partial charge is 0.0736 e. The second-order valence-corrected chi connectivity index (χ2v) is 4.57. The molecule has 1 nitrogen and oxygen atoms in total. The summed E-state index contributed by atoms with van der Waals surface area (Å²) in [5, 5.41) is 9.64. The minimum absolute atomic E-state index is 0.376. The van der Waals surface area contributed by atoms with E-state index in [2.05, 4.69) is 22.6 Å². The van der Waals surface area contributed by atoms with Crippen LogP contribution in [0.5, 0.6) is 0 Å². The molecule has 54 valence electrons. The maximum atomic E-state index is 9.64. The third-order valence-electron chi connectivity index (χ3n) is 2.07. The molecular weight excluding hydrogens is 227 g/mol. The molecule has 1 rings (SSSR count). The van der Waals surface area contributed by atoms with Gasteiger partial charge in [0.15, 0.2) is 0 Å². The maximum Gasteiger partial charge on any atom is 0.0736 e. The van der Waals surface area contributed by atoms with Crippen molar-refractivity contribution in [1.82, 2.24) is 0 Å². The Morgan fingerprint density at radius 1 is 1.56 bits per heavy atom. The summed E-state index contributed by atoms with van der Waals surface area (Å²) in [6.45, 7) is 1.95. The molecule has 0 aromatic heterocycles. The van der Waals surface area contributed by atoms with Crippen LogP contribution in [-0.2, 0) is 0 Å². The van der Waals surface area contributed by atoms with Gasteiger partial charge in [-0.2, -0.15) is 0 Å². The van der Waals surface area contributed by atoms with E-state index in [1.165, 1.54) is 19.3 Å². The number of halogens is 1. The molecule has 1 N–H and O–H groups in total. The van der Waals surface area contributed by atoms with E-state index in [0.29, 0.717) is 3.92 Å². The standard InChI is InChI=1S/C7H13IO/c1-7(9)5-3-2-4-6(7)8/h6,9H,2-5H2,1H3/t6-,7-/m1/s1. The first-order valence-electron chi connectivity index (χ1n) is 3.49. The van der Waals surface area contributed by atoms with Gasteiger partial charge in [0.05, 0.1) is 5.60 Å². The van der Waals surface area contributed by atoms with Crippen molar-refractivity contribution in [3.63, 3.8) is 0 Å². The zero-order valence-electron chi connectivity index (χ0n) is 5.73. The van der Waals surface area contributed by atoms with Crippen molar-refractivity contribution in [2.45, 2.75) is 42.1 Å². The highest BCUT2D eigenvalue weighted by molar-refractivity contribution is 14.1. The SMILES string of the molecule is C[C@@]1(O)CCCC[C@H]1I. The topological polar surface area (TPSA) is 20.2 Å². The van der Waals surface area contributed by atoms with E-state index in [1.807, 2.05) is 6.92 Å². The lowest BCUT2D eigenvalue weighted by molar-refractivity contribution is 0.0341. The number of aliphatic hydroxyl groups is 1. The summed E-state index contributed by atoms with van der Waals surface area (Å²) in [4.78, 5) is 0. The third kappa shape index (κ3) is 1.80. The molecule has 0 heterocycles. The van der Waals surface area contributed by atoms with Gasteiger partial charge >= 0.3 is 0 Å². The summed E-state index contributed by atoms with van der Waals surface area (Å²) in [6, 6.07) is 0. The van der Waals surface area contributed by atoms with E-state index in [4.69, 9.17) is 0 Å². The van der Waals surface area contributed by atoms with Crippen LogP contribution in [0.3, 0.4) is 0 Å². The van der Waals surface area contributed by atoms with Gasteiger partial charge in [-0.05, 0) is 19.8 Å². The molecule has 0 spiro atoms. The van der Waals surface area contributed by atoms with Gasteiger partial charge < -0.3 is 5.11 Å². The van der Waals surface area contributed by atoms with Gasteiger partial charge in [-0.3, -0.25) is 0 Å². The summed E-state index contributed by atoms with van der Waals surface area (Å²) in [7, 11) is 0. The van der Waals surface area contributed by atoms with Crippen molar-refractivity contribution in [3.8, 4) is 0 Å². The van der Waals surface area contributed by atoms with E-state index in [1.54, 1.807) is 0 Å². The van der Waals surface area contributed by atoms with Crippen LogP contribution < -0.4 is 0 Å². The molecule has 0 unspecified atom stereocenters. The van der Waals surface area contributed by atoms with Crippen LogP contribution in [0, 0.1) is 0 Å². The van der Waals surface area contributed by atoms with Gasteiger partial charge in [0.2, 0.25) is 0 Å². The van der Waals surface area contributed by atoms with E-state index >= 15 is 0 Å². The minimum Gasteiger partial charge on any atom is -0.389 e. The molecule has 0 aliphatic heterocycles. The van der Waals surface area contributed by atoms with Gasteiger partial charge in [-0.25, -0.2) is 0 Å². The van der Waals surface area contributed by atoms with E-state index in [-0.39, 0.29) is 5.60 Å². The van der Waals surface area contributed by atoms with Crippen LogP contribution in [0.4, 0.5) is 0 Å². The summed E-state index contributed by atoms with van der Waals surface area (Å²) >= 11 is 2.35. The van der Waals surface area contributed by atoms with Crippen LogP contribution >= 0.6 is 22.6 Å². The molecule has 0 bridgehead atoms. The van der Waals surface area contributed by atoms with Crippen molar-refractivity contribution in [2.75, 3.05) is 0 Å². The van der Waals surface area contributed by atoms with Gasteiger partial charge in [-0.15, -0.1) is 0 Å². The molecular formula is C7H13IO. The Morgan fingerprint density at radius 2 is 2.22 bits per heavy atom. The fourth-order valence-corrected chi connectivity index (χ4v) is 2.03. The normalized spacial score (nSPS) is 45.0. The predicted octanol–water partition coefficient (Wildman–Crippen LogP) is 2.12. The molecule has 1 aliphatic rings. The molecule has 2 atom stereocenters. The average molecular weight is 240 g/mol. The minimum atomic E-state index is -0.376. The van der Waals surface area contributed by atoms with Gasteiger partial charge in [0.25, 0.3) is 0 Å². The maximum absolute atomic E-state index is 9.64. The monoisotopic (exact) mass is 240 g/mol. The fourth-order valence-electron chi connectivity index (χ4n) is 1.27. The van der Waals surface area contributed by atoms with Gasteiger partial charge in [0.1, 0.15) is 0 Å². The van der Waals surface area contributed by atoms with Crippen LogP contribution in [0.1, 0.15) is 32.6 Å². The van der Waals surface area contributed by atoms with Crippen molar-refractivity contribution >= 4 is 22.6 Å². The highest BCUT2D eigenvalue weighted by Gasteiger charge is 2.31. The Hall–Kier alpha value is 0.690. The summed E-state index contributed by atoms with van der Waals surface area (Å²) in [5.41, 5.74) is -0.376. The third-order valence-corrected chi connectivity index (χ3v) is 4.03. The molecule has 1 aliphatic carbocycles. The van der Waals surface area contributed by atoms with Crippen molar-refractivity contribution in [2.24, 2.45) is 0 Å². The molecule has 0 saturated heterocycles. The Labute approximate surface area is 70.0 Å². The summed E-state index contributed by atoms with van der Waals surface area (Å²) in [5.74, 6) is 0. The summed E-state index contributed by atoms with van der Waals surface area (Å²) < 4.78 is 0.476. The molecule has 0 aromatic carbocycles. The zero-order chi connectivity index (χ0) is 6.91. The van der Waals surface area contributed by atoms with E-state index in [9.17, 15) is 5.11 Å². The number of hydrogen-bond donors (Lipinski definition) is 1. The highest BCUT2D eigenvalue weighted by Crippen LogP contribution is 2.33. The van der Waals surface area contributed by atoms with Crippen LogP contribution in [0.25, 0.3) is 0 Å². The first-order valence-corrected chi connectivity index (χ1v) is 4.74. The number of rotatable bonds is 0. The largest absolute Gasteiger partial charge is 0.389 e. The number of alkyl halides is 1. The lowest BCUT2D eigenvalue weighted by atomic mass is 9.87. The molecule has 0 radical (unpaired) electrons. The second kappa shape index (κ2) is 2.74. The Balaban J connectivity index is 2.49. The predicted molar refractivity (Wildman–Crippen MR) is 46.9 cm³/mol. The Bertz CT molecular complexity index is 101. The first-order chi connectivity index (χ1) is 4.13. The quantitative estimate of drug-likeness (QED) is 0.508. The zero-order valence-corrected chi connectivity index (χ0v) is 7.89. The lowest BCUT2D eigenvalue weighted by Gasteiger charge is -2.33. The van der Waals surface area contributed by atoms with Crippen LogP contribution in [0.15, 0.2) is 0 Å². The molecule has 0 aromatic rings. The lowest BCUT2D eigenvalue weighted by Crippen LogP contribution is -2.37. The van der Waals surface area contributed by atoms with E-state index < -0.39 is 0 Å². The molecule has 1 saturated carbocycles. The van der Waals surface area contributed by atoms with Crippen molar-refractivity contribution < 1.29 is 5.11 Å². The van der Waals surface area contributed by atoms with Crippen LogP contribution in [0.2, 0.25) is 0 Å². The first kappa shape index (κ1) is 7.79. The fraction of sp³-hybridized carbons (Fsp3) is 1.00. The molecule has 0 amide bonds. The Kier molecular flexibility index (Phi) is 2.37. The highest BCUT2D eigenvalue weighted by atomic mass is 127.